The lowest BCUT2D eigenvalue weighted by Crippen LogP contribution is -2.16. The standard InChI is InChI=1S/C14H10ClIO3S/c15-12-3-1-2-4-14(12)20(18,19)9-13(17)10-5-7-11(16)8-6-10/h1-8H,9H2. The van der Waals surface area contributed by atoms with Gasteiger partial charge in [-0.05, 0) is 46.9 Å². The van der Waals surface area contributed by atoms with Crippen LogP contribution in [0.2, 0.25) is 5.02 Å². The number of hydrogen-bond acceptors (Lipinski definition) is 3. The Morgan fingerprint density at radius 3 is 2.25 bits per heavy atom. The fourth-order valence-electron chi connectivity index (χ4n) is 1.67. The van der Waals surface area contributed by atoms with Crippen LogP contribution in [-0.2, 0) is 9.84 Å². The highest BCUT2D eigenvalue weighted by atomic mass is 127. The molecule has 2 aromatic carbocycles. The van der Waals surface area contributed by atoms with Crippen LogP contribution in [0.25, 0.3) is 0 Å². The van der Waals surface area contributed by atoms with E-state index in [1.54, 1.807) is 36.4 Å². The lowest BCUT2D eigenvalue weighted by atomic mass is 10.2. The maximum Gasteiger partial charge on any atom is 0.187 e. The largest absolute Gasteiger partial charge is 0.293 e. The van der Waals surface area contributed by atoms with Gasteiger partial charge >= 0.3 is 0 Å². The average molecular weight is 421 g/mol. The average Bonchev–Trinajstić information content (AvgIpc) is 2.39. The van der Waals surface area contributed by atoms with Crippen molar-refractivity contribution in [3.8, 4) is 0 Å². The lowest BCUT2D eigenvalue weighted by molar-refractivity contribution is 0.102. The molecule has 20 heavy (non-hydrogen) atoms. The molecule has 3 nitrogen and oxygen atoms in total. The van der Waals surface area contributed by atoms with E-state index in [0.717, 1.165) is 3.57 Å². The van der Waals surface area contributed by atoms with E-state index < -0.39 is 21.4 Å². The maximum absolute atomic E-state index is 12.2. The highest BCUT2D eigenvalue weighted by molar-refractivity contribution is 14.1. The molecule has 104 valence electrons. The molecular weight excluding hydrogens is 411 g/mol. The van der Waals surface area contributed by atoms with Gasteiger partial charge in [0.05, 0.1) is 9.92 Å². The zero-order chi connectivity index (χ0) is 14.8. The van der Waals surface area contributed by atoms with Crippen molar-refractivity contribution in [3.63, 3.8) is 0 Å². The molecule has 0 radical (unpaired) electrons. The van der Waals surface area contributed by atoms with Gasteiger partial charge in [-0.25, -0.2) is 8.42 Å². The first-order valence-corrected chi connectivity index (χ1v) is 8.77. The topological polar surface area (TPSA) is 51.2 Å². The minimum atomic E-state index is -3.73. The Morgan fingerprint density at radius 2 is 1.65 bits per heavy atom. The Labute approximate surface area is 136 Å². The molecule has 0 atom stereocenters. The summed E-state index contributed by atoms with van der Waals surface area (Å²) >= 11 is 7.98. The maximum atomic E-state index is 12.2. The first-order valence-electron chi connectivity index (χ1n) is 5.66. The summed E-state index contributed by atoms with van der Waals surface area (Å²) in [7, 11) is -3.73. The molecule has 0 aliphatic heterocycles. The Morgan fingerprint density at radius 1 is 1.05 bits per heavy atom. The molecule has 0 saturated heterocycles. The van der Waals surface area contributed by atoms with Crippen LogP contribution in [0.3, 0.4) is 0 Å². The van der Waals surface area contributed by atoms with E-state index in [-0.39, 0.29) is 9.92 Å². The Bertz CT molecular complexity index is 739. The van der Waals surface area contributed by atoms with E-state index in [0.29, 0.717) is 5.56 Å². The summed E-state index contributed by atoms with van der Waals surface area (Å²) in [6.07, 6.45) is 0. The third-order valence-electron chi connectivity index (χ3n) is 2.66. The van der Waals surface area contributed by atoms with Gasteiger partial charge in [-0.1, -0.05) is 35.9 Å². The van der Waals surface area contributed by atoms with Gasteiger partial charge in [-0.2, -0.15) is 0 Å². The first kappa shape index (κ1) is 15.5. The van der Waals surface area contributed by atoms with E-state index in [4.69, 9.17) is 11.6 Å². The van der Waals surface area contributed by atoms with Crippen LogP contribution in [-0.4, -0.2) is 20.0 Å². The molecule has 0 N–H and O–H groups in total. The van der Waals surface area contributed by atoms with Gasteiger partial charge in [0, 0.05) is 9.13 Å². The van der Waals surface area contributed by atoms with Crippen LogP contribution in [0, 0.1) is 3.57 Å². The Balaban J connectivity index is 2.27. The fourth-order valence-corrected chi connectivity index (χ4v) is 3.83. The first-order chi connectivity index (χ1) is 9.40. The smallest absolute Gasteiger partial charge is 0.187 e. The third kappa shape index (κ3) is 3.59. The van der Waals surface area contributed by atoms with Crippen molar-refractivity contribution in [2.45, 2.75) is 4.90 Å². The van der Waals surface area contributed by atoms with Gasteiger partial charge in [-0.15, -0.1) is 0 Å². The molecule has 0 aliphatic rings. The second kappa shape index (κ2) is 6.24. The van der Waals surface area contributed by atoms with Gasteiger partial charge in [0.2, 0.25) is 0 Å². The van der Waals surface area contributed by atoms with Crippen molar-refractivity contribution in [2.75, 3.05) is 5.75 Å². The zero-order valence-corrected chi connectivity index (χ0v) is 13.9. The van der Waals surface area contributed by atoms with E-state index >= 15 is 0 Å². The molecule has 0 saturated carbocycles. The Kier molecular flexibility index (Phi) is 4.82. The van der Waals surface area contributed by atoms with E-state index in [1.165, 1.54) is 12.1 Å². The molecule has 0 aromatic heterocycles. The Hall–Kier alpha value is -0.920. The van der Waals surface area contributed by atoms with Crippen LogP contribution in [0.5, 0.6) is 0 Å². The van der Waals surface area contributed by atoms with Crippen molar-refractivity contribution >= 4 is 49.8 Å². The molecule has 0 fully saturated rings. The van der Waals surface area contributed by atoms with E-state index in [9.17, 15) is 13.2 Å². The molecule has 0 heterocycles. The fraction of sp³-hybridized carbons (Fsp3) is 0.0714. The predicted octanol–water partition coefficient (Wildman–Crippen LogP) is 3.60. The minimum Gasteiger partial charge on any atom is -0.293 e. The van der Waals surface area contributed by atoms with Crippen molar-refractivity contribution in [1.82, 2.24) is 0 Å². The molecule has 0 spiro atoms. The monoisotopic (exact) mass is 420 g/mol. The van der Waals surface area contributed by atoms with Crippen molar-refractivity contribution in [3.05, 3.63) is 62.7 Å². The van der Waals surface area contributed by atoms with Gasteiger partial charge in [0.1, 0.15) is 5.75 Å². The highest BCUT2D eigenvalue weighted by Gasteiger charge is 2.22. The summed E-state index contributed by atoms with van der Waals surface area (Å²) < 4.78 is 25.4. The quantitative estimate of drug-likeness (QED) is 0.561. The van der Waals surface area contributed by atoms with Gasteiger partial charge in [0.25, 0.3) is 0 Å². The zero-order valence-electron chi connectivity index (χ0n) is 10.2. The molecule has 2 aromatic rings. The molecule has 2 rings (SSSR count). The van der Waals surface area contributed by atoms with Crippen molar-refractivity contribution in [1.29, 1.82) is 0 Å². The van der Waals surface area contributed by atoms with Gasteiger partial charge in [0.15, 0.2) is 15.6 Å². The van der Waals surface area contributed by atoms with Gasteiger partial charge in [-0.3, -0.25) is 4.79 Å². The van der Waals surface area contributed by atoms with Gasteiger partial charge < -0.3 is 0 Å². The SMILES string of the molecule is O=C(CS(=O)(=O)c1ccccc1Cl)c1ccc(I)cc1. The lowest BCUT2D eigenvalue weighted by Gasteiger charge is -2.06. The second-order valence-electron chi connectivity index (χ2n) is 4.12. The number of sulfone groups is 1. The second-order valence-corrected chi connectivity index (χ2v) is 7.73. The van der Waals surface area contributed by atoms with Crippen molar-refractivity contribution in [2.24, 2.45) is 0 Å². The molecule has 6 heteroatoms. The van der Waals surface area contributed by atoms with Crippen LogP contribution in [0.1, 0.15) is 10.4 Å². The summed E-state index contributed by atoms with van der Waals surface area (Å²) in [5.41, 5.74) is 0.376. The number of rotatable bonds is 4. The summed E-state index contributed by atoms with van der Waals surface area (Å²) in [6, 6.07) is 12.9. The number of carbonyl (C=O) groups is 1. The molecule has 0 bridgehead atoms. The number of hydrogen-bond donors (Lipinski definition) is 0. The highest BCUT2D eigenvalue weighted by Crippen LogP contribution is 2.22. The summed E-state index contributed by atoms with van der Waals surface area (Å²) in [4.78, 5) is 12.0. The number of benzene rings is 2. The number of Topliss-reactive ketones (excluding diaryl/α,β-unsaturated/α-hetero) is 1. The molecule has 0 aliphatic carbocycles. The normalized spacial score (nSPS) is 11.3. The number of ketones is 1. The minimum absolute atomic E-state index is 0.0134. The van der Waals surface area contributed by atoms with Crippen molar-refractivity contribution < 1.29 is 13.2 Å². The van der Waals surface area contributed by atoms with E-state index in [1.807, 2.05) is 0 Å². The molecule has 0 amide bonds. The number of carbonyl (C=O) groups excluding carboxylic acids is 1. The molecular formula is C14H10ClIO3S. The van der Waals surface area contributed by atoms with Crippen LogP contribution in [0.4, 0.5) is 0 Å². The van der Waals surface area contributed by atoms with Crippen LogP contribution < -0.4 is 0 Å². The predicted molar refractivity (Wildman–Crippen MR) is 87.0 cm³/mol. The summed E-state index contributed by atoms with van der Waals surface area (Å²) in [6.45, 7) is 0. The van der Waals surface area contributed by atoms with E-state index in [2.05, 4.69) is 22.6 Å². The third-order valence-corrected chi connectivity index (χ3v) is 5.49. The van der Waals surface area contributed by atoms with Crippen LogP contribution >= 0.6 is 34.2 Å². The number of halogens is 2. The summed E-state index contributed by atoms with van der Waals surface area (Å²) in [5.74, 6) is -1.03. The summed E-state index contributed by atoms with van der Waals surface area (Å²) in [5, 5.41) is 0.128. The molecule has 0 unspecified atom stereocenters. The van der Waals surface area contributed by atoms with Crippen LogP contribution in [0.15, 0.2) is 53.4 Å².